The summed E-state index contributed by atoms with van der Waals surface area (Å²) in [6.45, 7) is 0.0267. The molecule has 2 heterocycles. The number of phenols is 1. The number of alkyl halides is 6. The van der Waals surface area contributed by atoms with Gasteiger partial charge in [-0.05, 0) is 89.7 Å². The molecule has 0 radical (unpaired) electrons. The Kier molecular flexibility index (Phi) is 9.73. The van der Waals surface area contributed by atoms with Gasteiger partial charge < -0.3 is 19.5 Å². The van der Waals surface area contributed by atoms with E-state index in [1.165, 1.54) is 7.11 Å². The van der Waals surface area contributed by atoms with Crippen molar-refractivity contribution in [2.45, 2.75) is 44.0 Å². The van der Waals surface area contributed by atoms with Crippen LogP contribution in [0.2, 0.25) is 6.32 Å². The minimum absolute atomic E-state index is 0.0267. The van der Waals surface area contributed by atoms with E-state index in [0.717, 1.165) is 16.7 Å². The predicted octanol–water partition coefficient (Wildman–Crippen LogP) is 7.40. The lowest BCUT2D eigenvalue weighted by Gasteiger charge is -2.43. The Morgan fingerprint density at radius 1 is 0.940 bits per heavy atom. The molecule has 7 nitrogen and oxygen atoms in total. The van der Waals surface area contributed by atoms with Crippen molar-refractivity contribution in [3.63, 3.8) is 0 Å². The SMILES string of the molecule is COCC1=C2[C@@H](CC/C(=C/c3cccc(O)c3)c3ccccc3)OB(O)C[C@@H]2[C@@H]2C(=O)N(c3cc(C(F)(F)F)cc(C(F)(F)F)c3)C(=O)[C@@H]2C1. The largest absolute Gasteiger partial charge is 0.508 e. The molecule has 2 amide bonds. The first-order valence-corrected chi connectivity index (χ1v) is 15.9. The van der Waals surface area contributed by atoms with Gasteiger partial charge in [0.05, 0.1) is 41.4 Å². The Balaban J connectivity index is 1.35. The fourth-order valence-electron chi connectivity index (χ4n) is 7.45. The van der Waals surface area contributed by atoms with Crippen LogP contribution < -0.4 is 4.90 Å². The van der Waals surface area contributed by atoms with Crippen molar-refractivity contribution in [1.82, 2.24) is 0 Å². The summed E-state index contributed by atoms with van der Waals surface area (Å²) in [5.74, 6) is -4.81. The third kappa shape index (κ3) is 7.10. The summed E-state index contributed by atoms with van der Waals surface area (Å²) in [6, 6.07) is 16.8. The number of phenolic OH excluding ortho intramolecular Hbond substituents is 1. The number of ether oxygens (including phenoxy) is 1. The third-order valence-electron chi connectivity index (χ3n) is 9.49. The number of rotatable bonds is 8. The van der Waals surface area contributed by atoms with E-state index in [1.54, 1.807) is 18.2 Å². The number of hydrogen-bond acceptors (Lipinski definition) is 6. The van der Waals surface area contributed by atoms with Gasteiger partial charge in [0.2, 0.25) is 11.8 Å². The van der Waals surface area contributed by atoms with Crippen LogP contribution in [0.25, 0.3) is 11.6 Å². The number of halogens is 6. The second kappa shape index (κ2) is 13.7. The van der Waals surface area contributed by atoms with Gasteiger partial charge in [-0.2, -0.15) is 26.3 Å². The van der Waals surface area contributed by atoms with E-state index in [2.05, 4.69) is 0 Å². The molecule has 3 aliphatic rings. The molecule has 0 spiro atoms. The van der Waals surface area contributed by atoms with Crippen LogP contribution in [0.4, 0.5) is 32.0 Å². The van der Waals surface area contributed by atoms with Crippen LogP contribution in [0.1, 0.15) is 41.5 Å². The Labute approximate surface area is 284 Å². The first-order chi connectivity index (χ1) is 23.7. The molecule has 2 saturated heterocycles. The smallest absolute Gasteiger partial charge is 0.455 e. The van der Waals surface area contributed by atoms with Crippen molar-refractivity contribution in [2.75, 3.05) is 18.6 Å². The molecule has 2 N–H and O–H groups in total. The zero-order valence-corrected chi connectivity index (χ0v) is 26.7. The van der Waals surface area contributed by atoms with Crippen LogP contribution in [0, 0.1) is 17.8 Å². The molecule has 0 unspecified atom stereocenters. The fourth-order valence-corrected chi connectivity index (χ4v) is 7.45. The summed E-state index contributed by atoms with van der Waals surface area (Å²) in [5.41, 5.74) is -0.349. The van der Waals surface area contributed by atoms with Gasteiger partial charge in [0.25, 0.3) is 0 Å². The lowest BCUT2D eigenvalue weighted by Crippen LogP contribution is -2.46. The van der Waals surface area contributed by atoms with Crippen LogP contribution in [0.5, 0.6) is 5.75 Å². The summed E-state index contributed by atoms with van der Waals surface area (Å²) >= 11 is 0. The molecule has 0 saturated carbocycles. The van der Waals surface area contributed by atoms with E-state index in [9.17, 15) is 46.1 Å². The summed E-state index contributed by atoms with van der Waals surface area (Å²) < 4.78 is 93.7. The summed E-state index contributed by atoms with van der Waals surface area (Å²) in [5, 5.41) is 20.9. The second-order valence-electron chi connectivity index (χ2n) is 12.7. The van der Waals surface area contributed by atoms with Crippen molar-refractivity contribution >= 4 is 36.3 Å². The molecule has 4 atom stereocenters. The zero-order valence-electron chi connectivity index (χ0n) is 26.7. The lowest BCUT2D eigenvalue weighted by molar-refractivity contribution is -0.143. The van der Waals surface area contributed by atoms with Crippen LogP contribution >= 0.6 is 0 Å². The minimum atomic E-state index is -5.18. The summed E-state index contributed by atoms with van der Waals surface area (Å²) in [6.07, 6.45) is -8.64. The average molecular weight is 699 g/mol. The van der Waals surface area contributed by atoms with E-state index in [4.69, 9.17) is 9.39 Å². The number of aromatic hydroxyl groups is 1. The summed E-state index contributed by atoms with van der Waals surface area (Å²) in [7, 11) is 0.0667. The van der Waals surface area contributed by atoms with Crippen LogP contribution in [0.15, 0.2) is 83.9 Å². The molecule has 1 aliphatic carbocycles. The average Bonchev–Trinajstić information content (AvgIpc) is 3.31. The topological polar surface area (TPSA) is 96.3 Å². The Morgan fingerprint density at radius 3 is 2.24 bits per heavy atom. The first kappa shape index (κ1) is 35.4. The third-order valence-corrected chi connectivity index (χ3v) is 9.49. The highest BCUT2D eigenvalue weighted by Crippen LogP contribution is 2.52. The number of hydrogen-bond donors (Lipinski definition) is 2. The Hall–Kier alpha value is -4.40. The van der Waals surface area contributed by atoms with Gasteiger partial charge in [-0.3, -0.25) is 9.59 Å². The van der Waals surface area contributed by atoms with Gasteiger partial charge in [-0.15, -0.1) is 0 Å². The molecule has 3 aromatic rings. The number of amides is 2. The maximum absolute atomic E-state index is 14.0. The van der Waals surface area contributed by atoms with Crippen molar-refractivity contribution in [2.24, 2.45) is 17.8 Å². The van der Waals surface area contributed by atoms with Crippen molar-refractivity contribution < 1.29 is 55.5 Å². The molecule has 2 aliphatic heterocycles. The quantitative estimate of drug-likeness (QED) is 0.0837. The predicted molar refractivity (Wildman–Crippen MR) is 172 cm³/mol. The maximum atomic E-state index is 14.0. The first-order valence-electron chi connectivity index (χ1n) is 15.9. The molecular weight excluding hydrogens is 667 g/mol. The van der Waals surface area contributed by atoms with Crippen LogP contribution in [-0.2, 0) is 31.3 Å². The van der Waals surface area contributed by atoms with Crippen molar-refractivity contribution in [3.8, 4) is 5.75 Å². The molecule has 3 aromatic carbocycles. The maximum Gasteiger partial charge on any atom is 0.455 e. The van der Waals surface area contributed by atoms with Gasteiger partial charge in [-0.25, -0.2) is 4.90 Å². The van der Waals surface area contributed by atoms with Crippen molar-refractivity contribution in [1.29, 1.82) is 0 Å². The van der Waals surface area contributed by atoms with E-state index in [-0.39, 0.29) is 31.2 Å². The second-order valence-corrected chi connectivity index (χ2v) is 12.7. The summed E-state index contributed by atoms with van der Waals surface area (Å²) in [4.78, 5) is 28.2. The van der Waals surface area contributed by atoms with Gasteiger partial charge in [0.1, 0.15) is 5.75 Å². The number of nitrogens with zero attached hydrogens (tertiary/aromatic N) is 1. The highest BCUT2D eigenvalue weighted by Gasteiger charge is 2.58. The van der Waals surface area contributed by atoms with Gasteiger partial charge in [-0.1, -0.05) is 48.5 Å². The zero-order chi connectivity index (χ0) is 36.0. The number of benzene rings is 3. The molecular formula is C36H32BF6NO6. The number of anilines is 1. The number of methoxy groups -OCH3 is 1. The molecule has 2 fully saturated rings. The molecule has 14 heteroatoms. The molecule has 262 valence electrons. The standard InChI is InChI=1S/C36H32BF6NO6/c1-49-19-23-14-28-32(34(47)44(33(28)46)26-16-24(35(38,39)40)15-25(17-26)36(41,42)43)29-18-37(48)50-30(31(23)29)11-10-22(21-7-3-2-4-8-21)12-20-6-5-9-27(45)13-20/h2-9,12-13,15-17,28-30,32,45,48H,10-11,14,18-19H2,1H3/b22-12-/t28-,29+,30-,32-/m1/s1. The Bertz CT molecular complexity index is 1810. The number of imide groups is 1. The van der Waals surface area contributed by atoms with E-state index in [0.29, 0.717) is 41.0 Å². The molecule has 0 aromatic heterocycles. The Morgan fingerprint density at radius 2 is 1.62 bits per heavy atom. The minimum Gasteiger partial charge on any atom is -0.508 e. The van der Waals surface area contributed by atoms with Crippen LogP contribution in [-0.4, -0.2) is 48.9 Å². The monoisotopic (exact) mass is 699 g/mol. The number of carbonyl (C=O) groups excluding carboxylic acids is 2. The van der Waals surface area contributed by atoms with E-state index in [1.807, 2.05) is 42.5 Å². The van der Waals surface area contributed by atoms with Crippen LogP contribution in [0.3, 0.4) is 0 Å². The number of carbonyl (C=O) groups is 2. The van der Waals surface area contributed by atoms with Gasteiger partial charge in [0.15, 0.2) is 0 Å². The highest BCUT2D eigenvalue weighted by atomic mass is 19.4. The van der Waals surface area contributed by atoms with Gasteiger partial charge >= 0.3 is 19.5 Å². The normalized spacial score (nSPS) is 23.0. The molecule has 50 heavy (non-hydrogen) atoms. The molecule has 6 rings (SSSR count). The number of allylic oxidation sites excluding steroid dienone is 1. The molecule has 0 bridgehead atoms. The van der Waals surface area contributed by atoms with Gasteiger partial charge in [0, 0.05) is 7.11 Å². The van der Waals surface area contributed by atoms with E-state index >= 15 is 0 Å². The number of fused-ring (bicyclic) bond motifs is 3. The van der Waals surface area contributed by atoms with Crippen molar-refractivity contribution in [3.05, 3.63) is 106 Å². The lowest BCUT2D eigenvalue weighted by atomic mass is 9.58. The fraction of sp³-hybridized carbons (Fsp3) is 0.333. The van der Waals surface area contributed by atoms with E-state index < -0.39 is 72.0 Å². The highest BCUT2D eigenvalue weighted by molar-refractivity contribution is 6.43.